The Morgan fingerprint density at radius 2 is 1.86 bits per heavy atom. The van der Waals surface area contributed by atoms with Crippen molar-refractivity contribution in [2.75, 3.05) is 11.5 Å². The van der Waals surface area contributed by atoms with Gasteiger partial charge in [0.25, 0.3) is 9.63 Å². The molecule has 1 aliphatic rings. The van der Waals surface area contributed by atoms with Gasteiger partial charge in [0.1, 0.15) is 12.6 Å². The molecule has 1 aromatic carbocycles. The predicted molar refractivity (Wildman–Crippen MR) is 91.6 cm³/mol. The van der Waals surface area contributed by atoms with E-state index in [1.165, 1.54) is 0 Å². The van der Waals surface area contributed by atoms with Crippen LogP contribution < -0.4 is 10.3 Å². The molecular formula is C13H15Cl4N2O2S+. The Bertz CT molecular complexity index is 644. The molecule has 1 aliphatic heterocycles. The highest BCUT2D eigenvalue weighted by atomic mass is 35.6. The van der Waals surface area contributed by atoms with Crippen LogP contribution in [0.4, 0.5) is 0 Å². The third kappa shape index (κ3) is 5.17. The van der Waals surface area contributed by atoms with Crippen molar-refractivity contribution in [3.05, 3.63) is 35.9 Å². The molecule has 0 bridgehead atoms. The van der Waals surface area contributed by atoms with Crippen molar-refractivity contribution in [1.82, 2.24) is 5.32 Å². The lowest BCUT2D eigenvalue weighted by molar-refractivity contribution is -0.478. The van der Waals surface area contributed by atoms with E-state index in [0.29, 0.717) is 6.54 Å². The summed E-state index contributed by atoms with van der Waals surface area (Å²) in [5, 5.41) is 2.37. The van der Waals surface area contributed by atoms with E-state index >= 15 is 0 Å². The number of benzene rings is 1. The van der Waals surface area contributed by atoms with Gasteiger partial charge in [-0.3, -0.25) is 10.3 Å². The number of nitrogens with one attached hydrogen (secondary N) is 2. The lowest BCUT2D eigenvalue weighted by atomic mass is 10.2. The van der Waals surface area contributed by atoms with Gasteiger partial charge >= 0.3 is 0 Å². The van der Waals surface area contributed by atoms with Crippen LogP contribution in [0.5, 0.6) is 0 Å². The summed E-state index contributed by atoms with van der Waals surface area (Å²) in [4.78, 5) is 3.01. The summed E-state index contributed by atoms with van der Waals surface area (Å²) in [5.74, 6) is 0.0466. The van der Waals surface area contributed by atoms with Gasteiger partial charge in [0.05, 0.1) is 16.9 Å². The summed E-state index contributed by atoms with van der Waals surface area (Å²) in [6.07, 6.45) is 0. The van der Waals surface area contributed by atoms with E-state index in [9.17, 15) is 8.42 Å². The van der Waals surface area contributed by atoms with Crippen LogP contribution in [0.2, 0.25) is 0 Å². The summed E-state index contributed by atoms with van der Waals surface area (Å²) >= 11 is 23.9. The molecule has 0 spiro atoms. The topological polar surface area (TPSA) is 60.1 Å². The largest absolute Gasteiger partial charge is 0.296 e. The molecule has 0 radical (unpaired) electrons. The predicted octanol–water partition coefficient (Wildman–Crippen LogP) is 1.03. The van der Waals surface area contributed by atoms with Crippen molar-refractivity contribution in [1.29, 1.82) is 0 Å². The third-order valence-electron chi connectivity index (χ3n) is 3.21. The van der Waals surface area contributed by atoms with E-state index in [4.69, 9.17) is 46.4 Å². The first-order chi connectivity index (χ1) is 10.2. The van der Waals surface area contributed by atoms with Gasteiger partial charge in [0.15, 0.2) is 9.84 Å². The summed E-state index contributed by atoms with van der Waals surface area (Å²) in [7, 11) is -3.17. The van der Waals surface area contributed by atoms with Gasteiger partial charge < -0.3 is 0 Å². The molecule has 4 nitrogen and oxygen atoms in total. The normalized spacial score (nSPS) is 25.2. The van der Waals surface area contributed by atoms with Crippen LogP contribution in [-0.4, -0.2) is 41.0 Å². The van der Waals surface area contributed by atoms with E-state index in [-0.39, 0.29) is 17.3 Å². The molecule has 1 heterocycles. The van der Waals surface area contributed by atoms with Gasteiger partial charge in [-0.05, 0) is 5.56 Å². The van der Waals surface area contributed by atoms with Crippen LogP contribution in [0.15, 0.2) is 30.3 Å². The maximum absolute atomic E-state index is 11.6. The minimum absolute atomic E-state index is 0.0849. The minimum Gasteiger partial charge on any atom is -0.271 e. The minimum atomic E-state index is -3.17. The van der Waals surface area contributed by atoms with Gasteiger partial charge in [-0.1, -0.05) is 65.1 Å². The van der Waals surface area contributed by atoms with Crippen molar-refractivity contribution < 1.29 is 13.4 Å². The van der Waals surface area contributed by atoms with Crippen LogP contribution in [0.25, 0.3) is 0 Å². The van der Waals surface area contributed by atoms with Gasteiger partial charge in [-0.2, -0.15) is 0 Å². The molecule has 0 aromatic heterocycles. The van der Waals surface area contributed by atoms with Crippen LogP contribution >= 0.6 is 46.4 Å². The molecule has 0 aliphatic carbocycles. The first kappa shape index (κ1) is 18.1. The second-order valence-corrected chi connectivity index (χ2v) is 10.1. The first-order valence-corrected chi connectivity index (χ1v) is 9.89. The molecule has 9 heteroatoms. The molecule has 2 atom stereocenters. The number of hydrogen-bond donors (Lipinski definition) is 2. The Kier molecular flexibility index (Phi) is 5.89. The SMILES string of the molecule is O=S1(=O)C[C@H](Cl)[C@H](NC(=[NH+]Cc2ccccc2)C(Cl)(Cl)Cl)C1. The highest BCUT2D eigenvalue weighted by molar-refractivity contribution is 7.91. The summed E-state index contributed by atoms with van der Waals surface area (Å²) in [6, 6.07) is 9.06. The molecular weight excluding hydrogens is 390 g/mol. The fraction of sp³-hybridized carbons (Fsp3) is 0.462. The lowest BCUT2D eigenvalue weighted by Crippen LogP contribution is -2.78. The Hall–Kier alpha value is -0.200. The lowest BCUT2D eigenvalue weighted by Gasteiger charge is -2.16. The van der Waals surface area contributed by atoms with Crippen LogP contribution in [0, 0.1) is 0 Å². The number of sulfone groups is 1. The highest BCUT2D eigenvalue weighted by Crippen LogP contribution is 2.26. The molecule has 122 valence electrons. The summed E-state index contributed by atoms with van der Waals surface area (Å²) in [6.45, 7) is 0.434. The Labute approximate surface area is 149 Å². The first-order valence-electron chi connectivity index (χ1n) is 6.50. The molecule has 0 unspecified atom stereocenters. The maximum Gasteiger partial charge on any atom is 0.296 e. The van der Waals surface area contributed by atoms with E-state index < -0.39 is 25.0 Å². The monoisotopic (exact) mass is 403 g/mol. The van der Waals surface area contributed by atoms with Crippen LogP contribution in [0.1, 0.15) is 5.56 Å². The van der Waals surface area contributed by atoms with Crippen molar-refractivity contribution in [3.8, 4) is 0 Å². The van der Waals surface area contributed by atoms with E-state index in [1.54, 1.807) is 0 Å². The Morgan fingerprint density at radius 1 is 1.23 bits per heavy atom. The standard InChI is InChI=1S/C13H14Cl4N2O2S/c14-10-7-22(20,21)8-11(10)19-12(13(15,16)17)18-6-9-4-2-1-3-5-9/h1-5,10-11H,6-8H2,(H,18,19)/p+1/t10-,11+/m0/s1. The second-order valence-electron chi connectivity index (χ2n) is 5.06. The molecule has 1 aromatic rings. The number of rotatable bonds is 3. The fourth-order valence-corrected chi connectivity index (χ4v) is 5.06. The van der Waals surface area contributed by atoms with Crippen molar-refractivity contribution in [2.45, 2.75) is 21.8 Å². The molecule has 2 rings (SSSR count). The number of amidine groups is 1. The Balaban J connectivity index is 2.14. The number of hydrogen-bond acceptors (Lipinski definition) is 2. The highest BCUT2D eigenvalue weighted by Gasteiger charge is 2.44. The number of halogens is 4. The van der Waals surface area contributed by atoms with Gasteiger partial charge in [0, 0.05) is 0 Å². The smallest absolute Gasteiger partial charge is 0.271 e. The second kappa shape index (κ2) is 7.14. The van der Waals surface area contributed by atoms with Crippen molar-refractivity contribution in [2.24, 2.45) is 0 Å². The molecule has 0 amide bonds. The summed E-state index contributed by atoms with van der Waals surface area (Å²) < 4.78 is 21.5. The van der Waals surface area contributed by atoms with Crippen LogP contribution in [0.3, 0.4) is 0 Å². The molecule has 1 saturated heterocycles. The zero-order chi connectivity index (χ0) is 16.4. The summed E-state index contributed by atoms with van der Waals surface area (Å²) in [5.41, 5.74) is 0.998. The fourth-order valence-electron chi connectivity index (χ4n) is 2.14. The maximum atomic E-state index is 11.6. The average molecular weight is 405 g/mol. The van der Waals surface area contributed by atoms with Gasteiger partial charge in [-0.25, -0.2) is 8.42 Å². The molecule has 2 N–H and O–H groups in total. The molecule has 1 fully saturated rings. The molecule has 0 saturated carbocycles. The third-order valence-corrected chi connectivity index (χ3v) is 6.15. The van der Waals surface area contributed by atoms with E-state index in [1.807, 2.05) is 30.3 Å². The quantitative estimate of drug-likeness (QED) is 0.449. The van der Waals surface area contributed by atoms with Crippen LogP contribution in [-0.2, 0) is 16.4 Å². The van der Waals surface area contributed by atoms with Gasteiger partial charge in [-0.15, -0.1) is 11.6 Å². The van der Waals surface area contributed by atoms with Crippen molar-refractivity contribution >= 4 is 62.1 Å². The zero-order valence-electron chi connectivity index (χ0n) is 11.4. The van der Waals surface area contributed by atoms with E-state index in [2.05, 4.69) is 10.3 Å². The van der Waals surface area contributed by atoms with E-state index in [0.717, 1.165) is 5.56 Å². The zero-order valence-corrected chi connectivity index (χ0v) is 15.2. The van der Waals surface area contributed by atoms with Gasteiger partial charge in [0.2, 0.25) is 0 Å². The molecule has 22 heavy (non-hydrogen) atoms. The number of alkyl halides is 4. The average Bonchev–Trinajstić information content (AvgIpc) is 2.67. The Morgan fingerprint density at radius 3 is 2.36 bits per heavy atom. The van der Waals surface area contributed by atoms with Crippen molar-refractivity contribution in [3.63, 3.8) is 0 Å².